The number of rotatable bonds is 4. The Bertz CT molecular complexity index is 399. The molecule has 1 aromatic rings. The molecule has 1 heterocycles. The zero-order valence-electron chi connectivity index (χ0n) is 11.9. The van der Waals surface area contributed by atoms with Gasteiger partial charge in [0.25, 0.3) is 0 Å². The standard InChI is InChI=1S/C14H21ClN2O.ClH/c1-5-6-11(15)10-7-8-12(16-9-10)17-13(18)14(2,3)4;/h7-9,11H,5-6H2,1-4H3,(H,16,17,18);1H. The molecular weight excluding hydrogens is 283 g/mol. The van der Waals surface area contributed by atoms with Crippen LogP contribution in [0.3, 0.4) is 0 Å². The first-order valence-electron chi connectivity index (χ1n) is 6.26. The molecule has 5 heteroatoms. The van der Waals surface area contributed by atoms with E-state index in [4.69, 9.17) is 11.6 Å². The third-order valence-corrected chi connectivity index (χ3v) is 3.08. The number of hydrogen-bond acceptors (Lipinski definition) is 2. The van der Waals surface area contributed by atoms with Crippen LogP contribution < -0.4 is 5.32 Å². The third-order valence-electron chi connectivity index (χ3n) is 2.61. The van der Waals surface area contributed by atoms with E-state index in [1.807, 2.05) is 26.8 Å². The first-order chi connectivity index (χ1) is 8.34. The van der Waals surface area contributed by atoms with Gasteiger partial charge in [0, 0.05) is 11.6 Å². The average molecular weight is 305 g/mol. The summed E-state index contributed by atoms with van der Waals surface area (Å²) in [5.74, 6) is 0.526. The van der Waals surface area contributed by atoms with Crippen LogP contribution in [-0.2, 0) is 4.79 Å². The summed E-state index contributed by atoms with van der Waals surface area (Å²) in [6.45, 7) is 7.70. The van der Waals surface area contributed by atoms with Gasteiger partial charge in [-0.1, -0.05) is 40.2 Å². The van der Waals surface area contributed by atoms with Gasteiger partial charge in [0.1, 0.15) is 5.82 Å². The second kappa shape index (κ2) is 7.71. The molecule has 0 bridgehead atoms. The highest BCUT2D eigenvalue weighted by molar-refractivity contribution is 6.20. The number of aromatic nitrogens is 1. The number of carbonyl (C=O) groups is 1. The fourth-order valence-corrected chi connectivity index (χ4v) is 1.74. The first-order valence-corrected chi connectivity index (χ1v) is 6.69. The number of pyridine rings is 1. The predicted molar refractivity (Wildman–Crippen MR) is 83.1 cm³/mol. The van der Waals surface area contributed by atoms with E-state index in [0.717, 1.165) is 18.4 Å². The SMILES string of the molecule is CCCC(Cl)c1ccc(NC(=O)C(C)(C)C)nc1.Cl. The molecule has 0 aliphatic rings. The largest absolute Gasteiger partial charge is 0.310 e. The Kier molecular flexibility index (Phi) is 7.38. The number of alkyl halides is 1. The molecule has 1 atom stereocenters. The van der Waals surface area contributed by atoms with Crippen LogP contribution in [-0.4, -0.2) is 10.9 Å². The van der Waals surface area contributed by atoms with Crippen molar-refractivity contribution < 1.29 is 4.79 Å². The van der Waals surface area contributed by atoms with Crippen molar-refractivity contribution in [3.8, 4) is 0 Å². The van der Waals surface area contributed by atoms with Crippen LogP contribution in [0.1, 0.15) is 51.5 Å². The highest BCUT2D eigenvalue weighted by Gasteiger charge is 2.21. The lowest BCUT2D eigenvalue weighted by Gasteiger charge is -2.17. The number of nitrogens with one attached hydrogen (secondary N) is 1. The topological polar surface area (TPSA) is 42.0 Å². The van der Waals surface area contributed by atoms with Crippen LogP contribution in [0.15, 0.2) is 18.3 Å². The van der Waals surface area contributed by atoms with Crippen molar-refractivity contribution in [1.82, 2.24) is 4.98 Å². The Labute approximate surface area is 126 Å². The predicted octanol–water partition coefficient (Wildman–Crippen LogP) is 4.57. The Morgan fingerprint density at radius 1 is 1.42 bits per heavy atom. The maximum atomic E-state index is 11.8. The van der Waals surface area contributed by atoms with Crippen LogP contribution in [0.5, 0.6) is 0 Å². The van der Waals surface area contributed by atoms with E-state index in [2.05, 4.69) is 17.2 Å². The maximum Gasteiger partial charge on any atom is 0.230 e. The van der Waals surface area contributed by atoms with Crippen molar-refractivity contribution in [3.05, 3.63) is 23.9 Å². The van der Waals surface area contributed by atoms with Crippen LogP contribution in [0, 0.1) is 5.41 Å². The lowest BCUT2D eigenvalue weighted by Crippen LogP contribution is -2.28. The van der Waals surface area contributed by atoms with Gasteiger partial charge in [-0.3, -0.25) is 4.79 Å². The van der Waals surface area contributed by atoms with E-state index in [9.17, 15) is 4.79 Å². The molecule has 1 rings (SSSR count). The zero-order valence-corrected chi connectivity index (χ0v) is 13.4. The van der Waals surface area contributed by atoms with Crippen molar-refractivity contribution in [2.45, 2.75) is 45.9 Å². The highest BCUT2D eigenvalue weighted by atomic mass is 35.5. The summed E-state index contributed by atoms with van der Waals surface area (Å²) in [6, 6.07) is 3.71. The number of carbonyl (C=O) groups excluding carboxylic acids is 1. The molecule has 1 N–H and O–H groups in total. The Hall–Kier alpha value is -0.800. The lowest BCUT2D eigenvalue weighted by molar-refractivity contribution is -0.123. The zero-order chi connectivity index (χ0) is 13.8. The van der Waals surface area contributed by atoms with E-state index < -0.39 is 5.41 Å². The van der Waals surface area contributed by atoms with Crippen LogP contribution in [0.2, 0.25) is 0 Å². The van der Waals surface area contributed by atoms with Crippen LogP contribution in [0.4, 0.5) is 5.82 Å². The van der Waals surface area contributed by atoms with Gasteiger partial charge in [-0.25, -0.2) is 4.98 Å². The fraction of sp³-hybridized carbons (Fsp3) is 0.571. The third kappa shape index (κ3) is 5.79. The number of halogens is 2. The van der Waals surface area contributed by atoms with Gasteiger partial charge in [-0.2, -0.15) is 0 Å². The summed E-state index contributed by atoms with van der Waals surface area (Å²) in [5, 5.41) is 2.78. The molecule has 108 valence electrons. The summed E-state index contributed by atoms with van der Waals surface area (Å²) in [5.41, 5.74) is 0.574. The second-order valence-electron chi connectivity index (χ2n) is 5.44. The molecule has 19 heavy (non-hydrogen) atoms. The Morgan fingerprint density at radius 3 is 2.47 bits per heavy atom. The lowest BCUT2D eigenvalue weighted by atomic mass is 9.96. The Balaban J connectivity index is 0.00000324. The van der Waals surface area contributed by atoms with E-state index in [-0.39, 0.29) is 23.7 Å². The quantitative estimate of drug-likeness (QED) is 0.828. The highest BCUT2D eigenvalue weighted by Crippen LogP contribution is 2.25. The molecule has 0 aliphatic heterocycles. The van der Waals surface area contributed by atoms with E-state index in [0.29, 0.717) is 5.82 Å². The van der Waals surface area contributed by atoms with Gasteiger partial charge in [0.05, 0.1) is 5.38 Å². The molecule has 0 radical (unpaired) electrons. The van der Waals surface area contributed by atoms with Gasteiger partial charge < -0.3 is 5.32 Å². The van der Waals surface area contributed by atoms with E-state index >= 15 is 0 Å². The van der Waals surface area contributed by atoms with Crippen LogP contribution in [0.25, 0.3) is 0 Å². The van der Waals surface area contributed by atoms with Crippen LogP contribution >= 0.6 is 24.0 Å². The number of anilines is 1. The van der Waals surface area contributed by atoms with E-state index in [1.165, 1.54) is 0 Å². The Morgan fingerprint density at radius 2 is 2.05 bits per heavy atom. The first kappa shape index (κ1) is 18.2. The minimum atomic E-state index is -0.419. The van der Waals surface area contributed by atoms with Gasteiger partial charge in [0.2, 0.25) is 5.91 Å². The second-order valence-corrected chi connectivity index (χ2v) is 5.96. The average Bonchev–Trinajstić information content (AvgIpc) is 2.29. The molecule has 0 fully saturated rings. The molecule has 1 aromatic heterocycles. The van der Waals surface area contributed by atoms with Gasteiger partial charge in [0.15, 0.2) is 0 Å². The molecule has 0 saturated carbocycles. The van der Waals surface area contributed by atoms with E-state index in [1.54, 1.807) is 12.3 Å². The fourth-order valence-electron chi connectivity index (χ4n) is 1.39. The van der Waals surface area contributed by atoms with Gasteiger partial charge in [-0.15, -0.1) is 24.0 Å². The normalized spacial score (nSPS) is 12.5. The smallest absolute Gasteiger partial charge is 0.230 e. The van der Waals surface area contributed by atoms with Crippen molar-refractivity contribution in [3.63, 3.8) is 0 Å². The van der Waals surface area contributed by atoms with Crippen molar-refractivity contribution >= 4 is 35.7 Å². The van der Waals surface area contributed by atoms with Crippen molar-refractivity contribution in [2.75, 3.05) is 5.32 Å². The number of nitrogens with zero attached hydrogens (tertiary/aromatic N) is 1. The summed E-state index contributed by atoms with van der Waals surface area (Å²) in [7, 11) is 0. The number of hydrogen-bond donors (Lipinski definition) is 1. The summed E-state index contributed by atoms with van der Waals surface area (Å²) < 4.78 is 0. The summed E-state index contributed by atoms with van der Waals surface area (Å²) >= 11 is 6.21. The molecule has 0 spiro atoms. The minimum Gasteiger partial charge on any atom is -0.310 e. The number of amides is 1. The van der Waals surface area contributed by atoms with Crippen molar-refractivity contribution in [2.24, 2.45) is 5.41 Å². The molecule has 1 amide bonds. The summed E-state index contributed by atoms with van der Waals surface area (Å²) in [4.78, 5) is 16.0. The molecule has 3 nitrogen and oxygen atoms in total. The summed E-state index contributed by atoms with van der Waals surface area (Å²) in [6.07, 6.45) is 3.69. The molecule has 0 saturated heterocycles. The maximum absolute atomic E-state index is 11.8. The van der Waals surface area contributed by atoms with Gasteiger partial charge >= 0.3 is 0 Å². The van der Waals surface area contributed by atoms with Gasteiger partial charge in [-0.05, 0) is 18.1 Å². The molecule has 1 unspecified atom stereocenters. The van der Waals surface area contributed by atoms with Crippen molar-refractivity contribution in [1.29, 1.82) is 0 Å². The minimum absolute atomic E-state index is 0. The molecule has 0 aliphatic carbocycles. The molecule has 0 aromatic carbocycles. The monoisotopic (exact) mass is 304 g/mol. The molecular formula is C14H22Cl2N2O.